The number of carboxylic acids is 1. The number of carbonyl (C=O) groups is 1. The lowest BCUT2D eigenvalue weighted by atomic mass is 10.0. The molecule has 0 spiro atoms. The van der Waals surface area contributed by atoms with Gasteiger partial charge in [0.05, 0.1) is 11.3 Å². The van der Waals surface area contributed by atoms with E-state index in [0.717, 1.165) is 12.1 Å². The van der Waals surface area contributed by atoms with E-state index < -0.39 is 5.97 Å². The predicted octanol–water partition coefficient (Wildman–Crippen LogP) is 1.30. The van der Waals surface area contributed by atoms with Crippen molar-refractivity contribution >= 4 is 5.97 Å². The third-order valence-electron chi connectivity index (χ3n) is 2.01. The fourth-order valence-electron chi connectivity index (χ4n) is 1.38. The van der Waals surface area contributed by atoms with Crippen molar-refractivity contribution in [1.29, 1.82) is 0 Å². The number of azo groups is 1. The number of nitrogens with one attached hydrogen (secondary N) is 1. The van der Waals surface area contributed by atoms with E-state index in [4.69, 9.17) is 5.11 Å². The molecule has 5 heteroatoms. The minimum Gasteiger partial charge on any atom is -0.478 e. The molecule has 76 valence electrons. The monoisotopic (exact) mass is 195 g/mol. The second-order valence-electron chi connectivity index (χ2n) is 2.84. The second-order valence-corrected chi connectivity index (χ2v) is 2.84. The number of carboxylic acid groups (broad SMARTS) is 1. The Morgan fingerprint density at radius 1 is 1.64 bits per heavy atom. The van der Waals surface area contributed by atoms with Crippen LogP contribution in [0.3, 0.4) is 0 Å². The van der Waals surface area contributed by atoms with Gasteiger partial charge < -0.3 is 10.4 Å². The van der Waals surface area contributed by atoms with Crippen molar-refractivity contribution < 1.29 is 9.90 Å². The van der Waals surface area contributed by atoms with Crippen LogP contribution in [0.4, 0.5) is 0 Å². The normalized spacial score (nSPS) is 17.1. The topological polar surface area (TPSA) is 74.0 Å². The van der Waals surface area contributed by atoms with E-state index in [9.17, 15) is 4.79 Å². The van der Waals surface area contributed by atoms with Gasteiger partial charge in [-0.05, 0) is 12.8 Å². The van der Waals surface area contributed by atoms with Crippen LogP contribution in [0.5, 0.6) is 0 Å². The molecular formula is C9H13N3O2. The number of likely N-dealkylation sites (N-methyl/N-ethyl adjacent to an activating group) is 1. The molecule has 0 aromatic carbocycles. The highest BCUT2D eigenvalue weighted by atomic mass is 16.4. The molecule has 1 rings (SSSR count). The van der Waals surface area contributed by atoms with Gasteiger partial charge in [-0.1, -0.05) is 6.08 Å². The molecule has 0 aliphatic heterocycles. The van der Waals surface area contributed by atoms with E-state index in [1.54, 1.807) is 7.05 Å². The summed E-state index contributed by atoms with van der Waals surface area (Å²) in [5.41, 5.74) is 1.50. The maximum atomic E-state index is 10.9. The Hall–Kier alpha value is -1.65. The average Bonchev–Trinajstić information content (AvgIpc) is 2.18. The lowest BCUT2D eigenvalue weighted by Gasteiger charge is -2.15. The maximum absolute atomic E-state index is 10.9. The summed E-state index contributed by atoms with van der Waals surface area (Å²) in [6.45, 7) is 0. The van der Waals surface area contributed by atoms with Crippen molar-refractivity contribution in [2.45, 2.75) is 12.8 Å². The van der Waals surface area contributed by atoms with E-state index in [2.05, 4.69) is 15.5 Å². The molecule has 0 amide bonds. The Morgan fingerprint density at radius 3 is 2.86 bits per heavy atom. The fraction of sp³-hybridized carbons (Fsp3) is 0.444. The summed E-state index contributed by atoms with van der Waals surface area (Å²) in [5, 5.41) is 19.3. The van der Waals surface area contributed by atoms with Gasteiger partial charge in [0.25, 0.3) is 0 Å². The highest BCUT2D eigenvalue weighted by Crippen LogP contribution is 2.24. The quantitative estimate of drug-likeness (QED) is 0.666. The minimum absolute atomic E-state index is 0.322. The minimum atomic E-state index is -0.923. The standard InChI is InChI=1S/C9H13N3O2/c1-10-7-5-3-4-6(9(13)14)8(7)12-11-2/h5,10H,3-4H2,1-2H3,(H,13,14). The molecular weight excluding hydrogens is 182 g/mol. The predicted molar refractivity (Wildman–Crippen MR) is 51.8 cm³/mol. The van der Waals surface area contributed by atoms with Gasteiger partial charge in [0, 0.05) is 14.1 Å². The Bertz CT molecular complexity index is 329. The molecule has 0 heterocycles. The molecule has 0 radical (unpaired) electrons. The van der Waals surface area contributed by atoms with Crippen LogP contribution in [0.25, 0.3) is 0 Å². The van der Waals surface area contributed by atoms with E-state index in [1.165, 1.54) is 7.05 Å². The Labute approximate surface area is 82.2 Å². The van der Waals surface area contributed by atoms with Crippen LogP contribution in [0.2, 0.25) is 0 Å². The van der Waals surface area contributed by atoms with E-state index in [-0.39, 0.29) is 0 Å². The van der Waals surface area contributed by atoms with Crippen LogP contribution in [-0.4, -0.2) is 25.2 Å². The maximum Gasteiger partial charge on any atom is 0.333 e. The average molecular weight is 195 g/mol. The molecule has 0 bridgehead atoms. The van der Waals surface area contributed by atoms with Crippen molar-refractivity contribution in [2.24, 2.45) is 10.2 Å². The highest BCUT2D eigenvalue weighted by molar-refractivity contribution is 5.88. The number of rotatable bonds is 3. The van der Waals surface area contributed by atoms with Crippen molar-refractivity contribution in [3.05, 3.63) is 23.0 Å². The Balaban J connectivity index is 3.14. The molecule has 0 fully saturated rings. The number of nitrogens with zero attached hydrogens (tertiary/aromatic N) is 2. The van der Waals surface area contributed by atoms with Crippen LogP contribution < -0.4 is 5.32 Å². The third-order valence-corrected chi connectivity index (χ3v) is 2.01. The van der Waals surface area contributed by atoms with Crippen LogP contribution in [0.1, 0.15) is 12.8 Å². The number of allylic oxidation sites excluding steroid dienone is 1. The summed E-state index contributed by atoms with van der Waals surface area (Å²) < 4.78 is 0. The van der Waals surface area contributed by atoms with Crippen molar-refractivity contribution in [3.63, 3.8) is 0 Å². The first kappa shape index (κ1) is 10.4. The summed E-state index contributed by atoms with van der Waals surface area (Å²) in [6.07, 6.45) is 3.16. The molecule has 1 aliphatic rings. The molecule has 0 unspecified atom stereocenters. The third kappa shape index (κ3) is 1.99. The smallest absolute Gasteiger partial charge is 0.333 e. The van der Waals surface area contributed by atoms with E-state index in [0.29, 0.717) is 17.7 Å². The molecule has 14 heavy (non-hydrogen) atoms. The summed E-state index contributed by atoms with van der Waals surface area (Å²) in [6, 6.07) is 0. The van der Waals surface area contributed by atoms with Crippen LogP contribution in [0, 0.1) is 0 Å². The molecule has 5 nitrogen and oxygen atoms in total. The van der Waals surface area contributed by atoms with Crippen molar-refractivity contribution in [3.8, 4) is 0 Å². The van der Waals surface area contributed by atoms with Gasteiger partial charge in [0.1, 0.15) is 5.70 Å². The molecule has 0 aromatic rings. The fourth-order valence-corrected chi connectivity index (χ4v) is 1.38. The van der Waals surface area contributed by atoms with Crippen molar-refractivity contribution in [2.75, 3.05) is 14.1 Å². The number of aliphatic carboxylic acids is 1. The number of hydrogen-bond donors (Lipinski definition) is 2. The molecule has 0 saturated carbocycles. The van der Waals surface area contributed by atoms with Crippen LogP contribution >= 0.6 is 0 Å². The van der Waals surface area contributed by atoms with Gasteiger partial charge >= 0.3 is 5.97 Å². The molecule has 2 N–H and O–H groups in total. The zero-order valence-electron chi connectivity index (χ0n) is 8.24. The van der Waals surface area contributed by atoms with Gasteiger partial charge in [-0.2, -0.15) is 10.2 Å². The first-order valence-corrected chi connectivity index (χ1v) is 4.35. The van der Waals surface area contributed by atoms with Gasteiger partial charge in [0.15, 0.2) is 0 Å². The SMILES string of the molecule is CN=NC1=C(C(=O)O)CCC=C1NC. The Morgan fingerprint density at radius 2 is 2.36 bits per heavy atom. The molecule has 0 aromatic heterocycles. The first-order chi connectivity index (χ1) is 6.70. The van der Waals surface area contributed by atoms with Gasteiger partial charge in [-0.15, -0.1) is 0 Å². The van der Waals surface area contributed by atoms with Gasteiger partial charge in [-0.3, -0.25) is 0 Å². The summed E-state index contributed by atoms with van der Waals surface area (Å²) in [4.78, 5) is 10.9. The Kier molecular flexibility index (Phi) is 3.39. The lowest BCUT2D eigenvalue weighted by molar-refractivity contribution is -0.132. The largest absolute Gasteiger partial charge is 0.478 e. The van der Waals surface area contributed by atoms with Crippen LogP contribution in [-0.2, 0) is 4.79 Å². The first-order valence-electron chi connectivity index (χ1n) is 4.35. The summed E-state index contributed by atoms with van der Waals surface area (Å²) in [5.74, 6) is -0.923. The van der Waals surface area contributed by atoms with Crippen LogP contribution in [0.15, 0.2) is 33.3 Å². The lowest BCUT2D eigenvalue weighted by Crippen LogP contribution is -2.16. The second kappa shape index (κ2) is 4.55. The summed E-state index contributed by atoms with van der Waals surface area (Å²) >= 11 is 0. The molecule has 0 atom stereocenters. The molecule has 1 aliphatic carbocycles. The highest BCUT2D eigenvalue weighted by Gasteiger charge is 2.20. The zero-order chi connectivity index (χ0) is 10.6. The number of hydrogen-bond acceptors (Lipinski definition) is 4. The zero-order valence-corrected chi connectivity index (χ0v) is 8.24. The van der Waals surface area contributed by atoms with E-state index in [1.807, 2.05) is 6.08 Å². The van der Waals surface area contributed by atoms with Crippen molar-refractivity contribution in [1.82, 2.24) is 5.32 Å². The van der Waals surface area contributed by atoms with Gasteiger partial charge in [-0.25, -0.2) is 4.79 Å². The van der Waals surface area contributed by atoms with E-state index >= 15 is 0 Å². The van der Waals surface area contributed by atoms with Gasteiger partial charge in [0.2, 0.25) is 0 Å². The summed E-state index contributed by atoms with van der Waals surface area (Å²) in [7, 11) is 3.26. The molecule has 0 saturated heterocycles.